The van der Waals surface area contributed by atoms with E-state index in [1.807, 2.05) is 21.1 Å². The monoisotopic (exact) mass is 1010 g/mol. The number of rotatable bonds is 55. The van der Waals surface area contributed by atoms with Gasteiger partial charge in [-0.05, 0) is 51.4 Å². The molecular weight excluding hydrogens is 888 g/mol. The Balaban J connectivity index is 4.07. The molecule has 0 aromatic heterocycles. The van der Waals surface area contributed by atoms with Gasteiger partial charge in [-0.2, -0.15) is 0 Å². The Labute approximate surface area is 435 Å². The SMILES string of the molecule is CC/C=C\C/C=C\C/C=C\C/C=C\CCCCCCC(=O)NC(COP(=O)(O)OCC[N+](C)(C)C)C(O)CCCCCCCCCCCCCCCCCCCCCCCCCCCCCCCCC. The Kier molecular flexibility index (Phi) is 51.2. The summed E-state index contributed by atoms with van der Waals surface area (Å²) in [6.45, 7) is 4.78. The van der Waals surface area contributed by atoms with Crippen molar-refractivity contribution in [1.82, 2.24) is 5.32 Å². The number of phosphoric acid groups is 1. The van der Waals surface area contributed by atoms with Crippen LogP contribution in [0.2, 0.25) is 0 Å². The number of hydrogen-bond donors (Lipinski definition) is 3. The van der Waals surface area contributed by atoms with Crippen LogP contribution in [0.25, 0.3) is 0 Å². The predicted octanol–water partition coefficient (Wildman–Crippen LogP) is 18.3. The first kappa shape index (κ1) is 68.5. The zero-order valence-electron chi connectivity index (χ0n) is 47.0. The van der Waals surface area contributed by atoms with Gasteiger partial charge in [0.05, 0.1) is 39.9 Å². The Morgan fingerprint density at radius 2 is 0.857 bits per heavy atom. The second-order valence-corrected chi connectivity index (χ2v) is 23.2. The second-order valence-electron chi connectivity index (χ2n) is 21.7. The van der Waals surface area contributed by atoms with E-state index in [0.29, 0.717) is 23.9 Å². The average Bonchev–Trinajstić information content (AvgIpc) is 3.32. The van der Waals surface area contributed by atoms with E-state index in [9.17, 15) is 19.4 Å². The second kappa shape index (κ2) is 52.3. The van der Waals surface area contributed by atoms with E-state index in [1.165, 1.54) is 180 Å². The molecule has 0 fully saturated rings. The lowest BCUT2D eigenvalue weighted by Crippen LogP contribution is -2.46. The quantitative estimate of drug-likeness (QED) is 0.0243. The molecule has 0 aromatic carbocycles. The number of quaternary nitrogens is 1. The number of phosphoric ester groups is 1. The molecule has 3 unspecified atom stereocenters. The van der Waals surface area contributed by atoms with Gasteiger partial charge in [0, 0.05) is 6.42 Å². The molecule has 0 aromatic rings. The van der Waals surface area contributed by atoms with Crippen molar-refractivity contribution in [2.45, 2.75) is 296 Å². The standard InChI is InChI=1S/C61H117N2O6P/c1-6-8-10-12-14-16-18-20-22-24-25-26-27-28-29-30-31-32-33-34-35-36-37-39-40-42-44-46-48-50-52-54-60(64)59(58-69-70(66,67)68-57-56-63(3,4)5)62-61(65)55-53-51-49-47-45-43-41-38-23-21-19-17-15-13-11-9-7-2/h9,11,15,17,21,23,41,43,59-60,64H,6-8,10,12-14,16,18-20,22,24-40,42,44-58H2,1-5H3,(H-,62,65,66,67)/p+1/b11-9-,17-15-,23-21-,43-41-. The fraction of sp³-hybridized carbons (Fsp3) is 0.852. The summed E-state index contributed by atoms with van der Waals surface area (Å²) >= 11 is 0. The van der Waals surface area contributed by atoms with Crippen LogP contribution in [-0.2, 0) is 18.4 Å². The normalized spacial score (nSPS) is 14.2. The first-order chi connectivity index (χ1) is 34.0. The van der Waals surface area contributed by atoms with Crippen molar-refractivity contribution >= 4 is 13.7 Å². The van der Waals surface area contributed by atoms with Crippen LogP contribution in [-0.4, -0.2) is 73.4 Å². The van der Waals surface area contributed by atoms with Gasteiger partial charge in [-0.3, -0.25) is 13.8 Å². The molecule has 0 rings (SSSR count). The summed E-state index contributed by atoms with van der Waals surface area (Å²) < 4.78 is 23.8. The summed E-state index contributed by atoms with van der Waals surface area (Å²) in [4.78, 5) is 23.3. The van der Waals surface area contributed by atoms with E-state index >= 15 is 0 Å². The molecule has 0 heterocycles. The molecule has 0 saturated heterocycles. The number of hydrogen-bond acceptors (Lipinski definition) is 5. The predicted molar refractivity (Wildman–Crippen MR) is 304 cm³/mol. The van der Waals surface area contributed by atoms with Gasteiger partial charge in [0.1, 0.15) is 13.2 Å². The molecular formula is C61H118N2O6P+. The van der Waals surface area contributed by atoms with Crippen molar-refractivity contribution in [1.29, 1.82) is 0 Å². The zero-order chi connectivity index (χ0) is 51.3. The molecule has 0 aliphatic rings. The van der Waals surface area contributed by atoms with Gasteiger partial charge in [-0.1, -0.05) is 274 Å². The molecule has 0 saturated carbocycles. The van der Waals surface area contributed by atoms with Crippen LogP contribution in [0.3, 0.4) is 0 Å². The Bertz CT molecular complexity index is 1280. The van der Waals surface area contributed by atoms with Crippen molar-refractivity contribution in [2.24, 2.45) is 0 Å². The van der Waals surface area contributed by atoms with E-state index in [4.69, 9.17) is 9.05 Å². The minimum absolute atomic E-state index is 0.0683. The third-order valence-electron chi connectivity index (χ3n) is 13.6. The fourth-order valence-electron chi connectivity index (χ4n) is 8.92. The zero-order valence-corrected chi connectivity index (χ0v) is 47.9. The molecule has 0 aliphatic heterocycles. The smallest absolute Gasteiger partial charge is 0.391 e. The number of carbonyl (C=O) groups excluding carboxylic acids is 1. The number of amides is 1. The maximum atomic E-state index is 13.0. The van der Waals surface area contributed by atoms with Gasteiger partial charge in [-0.25, -0.2) is 4.57 Å². The van der Waals surface area contributed by atoms with Crippen LogP contribution in [0.1, 0.15) is 284 Å². The van der Waals surface area contributed by atoms with Crippen LogP contribution >= 0.6 is 7.82 Å². The molecule has 0 radical (unpaired) electrons. The molecule has 9 heteroatoms. The Morgan fingerprint density at radius 1 is 0.500 bits per heavy atom. The van der Waals surface area contributed by atoms with E-state index in [2.05, 4.69) is 67.8 Å². The maximum Gasteiger partial charge on any atom is 0.472 e. The average molecular weight is 1010 g/mol. The maximum absolute atomic E-state index is 13.0. The highest BCUT2D eigenvalue weighted by atomic mass is 31.2. The van der Waals surface area contributed by atoms with Crippen LogP contribution in [0.15, 0.2) is 48.6 Å². The number of carbonyl (C=O) groups is 1. The largest absolute Gasteiger partial charge is 0.472 e. The lowest BCUT2D eigenvalue weighted by molar-refractivity contribution is -0.870. The number of aliphatic hydroxyl groups excluding tert-OH is 1. The number of nitrogens with one attached hydrogen (secondary N) is 1. The summed E-state index contributed by atoms with van der Waals surface area (Å²) in [5, 5.41) is 14.1. The molecule has 3 N–H and O–H groups in total. The van der Waals surface area contributed by atoms with Gasteiger partial charge in [0.15, 0.2) is 0 Å². The summed E-state index contributed by atoms with van der Waals surface area (Å²) in [5.74, 6) is -0.166. The topological polar surface area (TPSA) is 105 Å². The van der Waals surface area contributed by atoms with E-state index in [-0.39, 0.29) is 19.1 Å². The van der Waals surface area contributed by atoms with Gasteiger partial charge >= 0.3 is 7.82 Å². The van der Waals surface area contributed by atoms with Crippen molar-refractivity contribution in [3.63, 3.8) is 0 Å². The van der Waals surface area contributed by atoms with Crippen molar-refractivity contribution < 1.29 is 32.9 Å². The Morgan fingerprint density at radius 3 is 1.26 bits per heavy atom. The van der Waals surface area contributed by atoms with Gasteiger partial charge in [0.25, 0.3) is 0 Å². The molecule has 8 nitrogen and oxygen atoms in total. The third-order valence-corrected chi connectivity index (χ3v) is 14.6. The molecule has 70 heavy (non-hydrogen) atoms. The van der Waals surface area contributed by atoms with Crippen molar-refractivity contribution in [2.75, 3.05) is 40.9 Å². The van der Waals surface area contributed by atoms with Crippen LogP contribution < -0.4 is 5.32 Å². The first-order valence-corrected chi connectivity index (χ1v) is 31.5. The number of likely N-dealkylation sites (N-methyl/N-ethyl adjacent to an activating group) is 1. The summed E-state index contributed by atoms with van der Waals surface area (Å²) in [6, 6.07) is -0.776. The van der Waals surface area contributed by atoms with Crippen molar-refractivity contribution in [3.05, 3.63) is 48.6 Å². The molecule has 0 aliphatic carbocycles. The lowest BCUT2D eigenvalue weighted by Gasteiger charge is -2.26. The summed E-state index contributed by atoms with van der Waals surface area (Å²) in [6.07, 6.45) is 69.1. The minimum atomic E-state index is -4.33. The third kappa shape index (κ3) is 54.2. The number of nitrogens with zero attached hydrogens (tertiary/aromatic N) is 1. The van der Waals surface area contributed by atoms with Gasteiger partial charge < -0.3 is 19.8 Å². The summed E-state index contributed by atoms with van der Waals surface area (Å²) in [7, 11) is 1.60. The molecule has 412 valence electrons. The molecule has 3 atom stereocenters. The summed E-state index contributed by atoms with van der Waals surface area (Å²) in [5.41, 5.74) is 0. The first-order valence-electron chi connectivity index (χ1n) is 30.0. The van der Waals surface area contributed by atoms with Gasteiger partial charge in [0.2, 0.25) is 5.91 Å². The van der Waals surface area contributed by atoms with E-state index < -0.39 is 20.0 Å². The van der Waals surface area contributed by atoms with Gasteiger partial charge in [-0.15, -0.1) is 0 Å². The van der Waals surface area contributed by atoms with Crippen molar-refractivity contribution in [3.8, 4) is 0 Å². The highest BCUT2D eigenvalue weighted by Crippen LogP contribution is 2.43. The highest BCUT2D eigenvalue weighted by Gasteiger charge is 2.28. The van der Waals surface area contributed by atoms with E-state index in [0.717, 1.165) is 77.0 Å². The highest BCUT2D eigenvalue weighted by molar-refractivity contribution is 7.47. The van der Waals surface area contributed by atoms with Crippen LogP contribution in [0, 0.1) is 0 Å². The molecule has 1 amide bonds. The number of allylic oxidation sites excluding steroid dienone is 8. The van der Waals surface area contributed by atoms with Crippen LogP contribution in [0.5, 0.6) is 0 Å². The minimum Gasteiger partial charge on any atom is -0.391 e. The number of aliphatic hydroxyl groups is 1. The molecule has 0 spiro atoms. The van der Waals surface area contributed by atoms with E-state index in [1.54, 1.807) is 0 Å². The molecule has 0 bridgehead atoms. The van der Waals surface area contributed by atoms with Crippen LogP contribution in [0.4, 0.5) is 0 Å². The Hall–Kier alpha value is -1.54. The lowest BCUT2D eigenvalue weighted by atomic mass is 10.0. The fourth-order valence-corrected chi connectivity index (χ4v) is 9.66. The number of unbranched alkanes of at least 4 members (excludes halogenated alkanes) is 34.